The lowest BCUT2D eigenvalue weighted by atomic mass is 10.0. The summed E-state index contributed by atoms with van der Waals surface area (Å²) < 4.78 is 0.800. The van der Waals surface area contributed by atoms with Crippen LogP contribution in [-0.4, -0.2) is 21.5 Å². The zero-order chi connectivity index (χ0) is 14.1. The van der Waals surface area contributed by atoms with Gasteiger partial charge in [0.2, 0.25) is 0 Å². The van der Waals surface area contributed by atoms with Gasteiger partial charge >= 0.3 is 0 Å². The summed E-state index contributed by atoms with van der Waals surface area (Å²) in [5, 5.41) is 4.16. The molecule has 0 radical (unpaired) electrons. The summed E-state index contributed by atoms with van der Waals surface area (Å²) >= 11 is 13.2. The fourth-order valence-corrected chi connectivity index (χ4v) is 4.12. The minimum absolute atomic E-state index is 0.0679. The average Bonchev–Trinajstić information content (AvgIpc) is 3.03. The number of aromatic nitrogens is 1. The number of hydrogen-bond acceptors (Lipinski definition) is 3. The second-order valence-corrected chi connectivity index (χ2v) is 6.69. The normalized spacial score (nSPS) is 22.1. The van der Waals surface area contributed by atoms with Crippen molar-refractivity contribution in [2.75, 3.05) is 6.54 Å². The zero-order valence-electron chi connectivity index (χ0n) is 10.9. The Kier molecular flexibility index (Phi) is 3.92. The van der Waals surface area contributed by atoms with Crippen molar-refractivity contribution in [1.82, 2.24) is 15.2 Å². The summed E-state index contributed by atoms with van der Waals surface area (Å²) in [4.78, 5) is 7.87. The Labute approximate surface area is 132 Å². The maximum Gasteiger partial charge on any atom is 0.170 e. The molecule has 0 spiro atoms. The number of hydrogen-bond donors (Lipinski definition) is 1. The molecule has 3 nitrogen and oxygen atoms in total. The number of thiophene rings is 1. The van der Waals surface area contributed by atoms with E-state index in [2.05, 4.69) is 28.2 Å². The van der Waals surface area contributed by atoms with Crippen LogP contribution in [-0.2, 0) is 0 Å². The first kappa shape index (κ1) is 13.8. The molecule has 2 atom stereocenters. The molecule has 1 fully saturated rings. The quantitative estimate of drug-likeness (QED) is 0.870. The van der Waals surface area contributed by atoms with E-state index in [1.807, 2.05) is 30.5 Å². The summed E-state index contributed by atoms with van der Waals surface area (Å²) in [6, 6.07) is 10.2. The molecule has 1 aliphatic rings. The smallest absolute Gasteiger partial charge is 0.170 e. The second-order valence-electron chi connectivity index (χ2n) is 4.55. The van der Waals surface area contributed by atoms with Crippen molar-refractivity contribution in [3.63, 3.8) is 0 Å². The number of nitrogens with one attached hydrogen (secondary N) is 1. The highest BCUT2D eigenvalue weighted by Gasteiger charge is 2.39. The van der Waals surface area contributed by atoms with Crippen molar-refractivity contribution in [1.29, 1.82) is 0 Å². The van der Waals surface area contributed by atoms with Crippen molar-refractivity contribution >= 4 is 40.3 Å². The predicted molar refractivity (Wildman–Crippen MR) is 87.2 cm³/mol. The summed E-state index contributed by atoms with van der Waals surface area (Å²) in [7, 11) is 0. The Bertz CT molecular complexity index is 614. The number of nitrogens with zero attached hydrogens (tertiary/aromatic N) is 2. The van der Waals surface area contributed by atoms with E-state index in [1.165, 1.54) is 4.88 Å². The van der Waals surface area contributed by atoms with Crippen LogP contribution < -0.4 is 5.32 Å². The highest BCUT2D eigenvalue weighted by molar-refractivity contribution is 7.80. The van der Waals surface area contributed by atoms with Gasteiger partial charge < -0.3 is 10.2 Å². The predicted octanol–water partition coefficient (Wildman–Crippen LogP) is 3.79. The van der Waals surface area contributed by atoms with Crippen LogP contribution in [0.1, 0.15) is 29.6 Å². The molecule has 0 aliphatic carbocycles. The molecular formula is C14H14ClN3S2. The third-order valence-electron chi connectivity index (χ3n) is 3.42. The van der Waals surface area contributed by atoms with Gasteiger partial charge in [0.15, 0.2) is 5.11 Å². The van der Waals surface area contributed by atoms with Crippen LogP contribution in [0.3, 0.4) is 0 Å². The second kappa shape index (κ2) is 5.68. The highest BCUT2D eigenvalue weighted by atomic mass is 35.5. The molecule has 1 saturated heterocycles. The van der Waals surface area contributed by atoms with Gasteiger partial charge in [0, 0.05) is 17.6 Å². The first-order valence-corrected chi connectivity index (χ1v) is 8.04. The largest absolute Gasteiger partial charge is 0.352 e. The fraction of sp³-hybridized carbons (Fsp3) is 0.286. The van der Waals surface area contributed by atoms with E-state index >= 15 is 0 Å². The van der Waals surface area contributed by atoms with Gasteiger partial charge in [-0.1, -0.05) is 17.7 Å². The topological polar surface area (TPSA) is 28.2 Å². The van der Waals surface area contributed by atoms with Crippen LogP contribution in [0.5, 0.6) is 0 Å². The standard InChI is InChI=1S/C14H14ClN3S2/c1-2-18-13(10-6-7-11(15)20-10)12(17-14(18)19)9-5-3-4-8-16-9/h3-8,12-13H,2H2,1H3,(H,17,19)/t12-,13-/m0/s1. The van der Waals surface area contributed by atoms with E-state index in [0.29, 0.717) is 0 Å². The molecule has 1 N–H and O–H groups in total. The Hall–Kier alpha value is -1.17. The maximum absolute atomic E-state index is 6.09. The molecule has 2 aromatic heterocycles. The van der Waals surface area contributed by atoms with E-state index in [4.69, 9.17) is 23.8 Å². The van der Waals surface area contributed by atoms with Gasteiger partial charge in [-0.3, -0.25) is 4.98 Å². The van der Waals surface area contributed by atoms with Crippen molar-refractivity contribution < 1.29 is 0 Å². The van der Waals surface area contributed by atoms with Gasteiger partial charge in [-0.25, -0.2) is 0 Å². The lowest BCUT2D eigenvalue weighted by Crippen LogP contribution is -2.28. The Morgan fingerprint density at radius 1 is 1.40 bits per heavy atom. The average molecular weight is 324 g/mol. The maximum atomic E-state index is 6.09. The van der Waals surface area contributed by atoms with Crippen LogP contribution >= 0.6 is 35.2 Å². The molecule has 20 heavy (non-hydrogen) atoms. The summed E-state index contributed by atoms with van der Waals surface area (Å²) in [6.45, 7) is 2.96. The minimum atomic E-state index is 0.0679. The molecule has 0 bridgehead atoms. The van der Waals surface area contributed by atoms with Crippen LogP contribution in [0, 0.1) is 0 Å². The van der Waals surface area contributed by atoms with E-state index in [-0.39, 0.29) is 12.1 Å². The molecule has 0 saturated carbocycles. The Balaban J connectivity index is 2.02. The Morgan fingerprint density at radius 2 is 2.25 bits per heavy atom. The number of thiocarbonyl (C=S) groups is 1. The highest BCUT2D eigenvalue weighted by Crippen LogP contribution is 2.41. The van der Waals surface area contributed by atoms with E-state index in [9.17, 15) is 0 Å². The fourth-order valence-electron chi connectivity index (χ4n) is 2.54. The third-order valence-corrected chi connectivity index (χ3v) is 5.08. The first-order chi connectivity index (χ1) is 9.70. The number of likely N-dealkylation sites (N-methyl/N-ethyl adjacent to an activating group) is 1. The van der Waals surface area contributed by atoms with Crippen LogP contribution in [0.2, 0.25) is 4.34 Å². The minimum Gasteiger partial charge on any atom is -0.352 e. The van der Waals surface area contributed by atoms with Crippen LogP contribution in [0.25, 0.3) is 0 Å². The SMILES string of the molecule is CCN1C(=S)N[C@@H](c2ccccn2)[C@@H]1c1ccc(Cl)s1. The molecule has 3 rings (SSSR count). The zero-order valence-corrected chi connectivity index (χ0v) is 13.3. The van der Waals surface area contributed by atoms with E-state index in [1.54, 1.807) is 11.3 Å². The van der Waals surface area contributed by atoms with Crippen molar-refractivity contribution in [3.05, 3.63) is 51.4 Å². The summed E-state index contributed by atoms with van der Waals surface area (Å²) in [5.41, 5.74) is 1.00. The van der Waals surface area contributed by atoms with Gasteiger partial charge in [-0.2, -0.15) is 0 Å². The van der Waals surface area contributed by atoms with Gasteiger partial charge in [0.05, 0.1) is 22.1 Å². The number of rotatable bonds is 3. The summed E-state index contributed by atoms with van der Waals surface area (Å²) in [6.07, 6.45) is 1.81. The molecule has 2 aromatic rings. The van der Waals surface area contributed by atoms with Crippen molar-refractivity contribution in [2.45, 2.75) is 19.0 Å². The molecule has 0 aromatic carbocycles. The van der Waals surface area contributed by atoms with Gasteiger partial charge in [0.1, 0.15) is 0 Å². The lowest BCUT2D eigenvalue weighted by Gasteiger charge is -2.25. The number of pyridine rings is 1. The molecule has 1 aliphatic heterocycles. The monoisotopic (exact) mass is 323 g/mol. The molecule has 104 valence electrons. The lowest BCUT2D eigenvalue weighted by molar-refractivity contribution is 0.335. The van der Waals surface area contributed by atoms with Gasteiger partial charge in [-0.05, 0) is 43.4 Å². The molecule has 3 heterocycles. The number of halogens is 1. The van der Waals surface area contributed by atoms with Crippen molar-refractivity contribution in [3.8, 4) is 0 Å². The molecule has 0 amide bonds. The van der Waals surface area contributed by atoms with Crippen LogP contribution in [0.15, 0.2) is 36.5 Å². The molecule has 6 heteroatoms. The first-order valence-electron chi connectivity index (χ1n) is 6.44. The summed E-state index contributed by atoms with van der Waals surface area (Å²) in [5.74, 6) is 0. The molecule has 0 unspecified atom stereocenters. The Morgan fingerprint density at radius 3 is 2.85 bits per heavy atom. The van der Waals surface area contributed by atoms with Gasteiger partial charge in [-0.15, -0.1) is 11.3 Å². The van der Waals surface area contributed by atoms with Crippen molar-refractivity contribution in [2.24, 2.45) is 0 Å². The third kappa shape index (κ3) is 2.41. The van der Waals surface area contributed by atoms with E-state index < -0.39 is 0 Å². The van der Waals surface area contributed by atoms with E-state index in [0.717, 1.165) is 21.7 Å². The van der Waals surface area contributed by atoms with Crippen LogP contribution in [0.4, 0.5) is 0 Å². The molecular weight excluding hydrogens is 310 g/mol. The van der Waals surface area contributed by atoms with Gasteiger partial charge in [0.25, 0.3) is 0 Å².